The fourth-order valence-electron chi connectivity index (χ4n) is 2.91. The lowest BCUT2D eigenvalue weighted by molar-refractivity contribution is 0.611. The summed E-state index contributed by atoms with van der Waals surface area (Å²) in [6.45, 7) is 0. The highest BCUT2D eigenvalue weighted by Crippen LogP contribution is 2.32. The molecule has 0 saturated heterocycles. The highest BCUT2D eigenvalue weighted by molar-refractivity contribution is 14.1. The Morgan fingerprint density at radius 2 is 2.00 bits per heavy atom. The van der Waals surface area contributed by atoms with Crippen LogP contribution in [0.4, 0.5) is 0 Å². The third kappa shape index (κ3) is 2.95. The van der Waals surface area contributed by atoms with Crippen molar-refractivity contribution in [1.29, 1.82) is 5.26 Å². The van der Waals surface area contributed by atoms with E-state index in [-0.39, 0.29) is 0 Å². The Hall–Kier alpha value is -2.56. The standard InChI is InChI=1S/C20H13IN4/c21-18-3-1-2-14(8-18)16-9-20(23,25-12-16)17-4-5-19-15(7-17)6-13(10-22)11-24-19/h1-9,11-12H,23H2. The van der Waals surface area contributed by atoms with Gasteiger partial charge in [-0.2, -0.15) is 5.26 Å². The molecule has 0 fully saturated rings. The average molecular weight is 436 g/mol. The molecule has 2 heterocycles. The quantitative estimate of drug-likeness (QED) is 0.618. The summed E-state index contributed by atoms with van der Waals surface area (Å²) >= 11 is 2.29. The predicted octanol–water partition coefficient (Wildman–Crippen LogP) is 3.99. The number of nitrogens with zero attached hydrogens (tertiary/aromatic N) is 3. The molecule has 5 heteroatoms. The molecule has 0 spiro atoms. The third-order valence-electron chi connectivity index (χ3n) is 4.22. The molecule has 3 aromatic rings. The molecule has 25 heavy (non-hydrogen) atoms. The van der Waals surface area contributed by atoms with E-state index in [9.17, 15) is 0 Å². The van der Waals surface area contributed by atoms with Crippen LogP contribution in [0.2, 0.25) is 0 Å². The van der Waals surface area contributed by atoms with Crippen molar-refractivity contribution in [3.05, 3.63) is 81.1 Å². The molecule has 4 rings (SSSR count). The molecule has 2 N–H and O–H groups in total. The molecule has 0 amide bonds. The molecular weight excluding hydrogens is 423 g/mol. The van der Waals surface area contributed by atoms with Crippen molar-refractivity contribution in [3.8, 4) is 6.07 Å². The minimum atomic E-state index is -0.909. The molecule has 0 bridgehead atoms. The number of aliphatic imine (C=N–C) groups is 1. The summed E-state index contributed by atoms with van der Waals surface area (Å²) in [4.78, 5) is 8.84. The van der Waals surface area contributed by atoms with E-state index in [4.69, 9.17) is 11.0 Å². The Labute approximate surface area is 158 Å². The predicted molar refractivity (Wildman–Crippen MR) is 108 cm³/mol. The summed E-state index contributed by atoms with van der Waals surface area (Å²) in [6.07, 6.45) is 5.36. The van der Waals surface area contributed by atoms with Gasteiger partial charge in [0.05, 0.1) is 11.1 Å². The van der Waals surface area contributed by atoms with Crippen LogP contribution in [0.5, 0.6) is 0 Å². The maximum absolute atomic E-state index is 9.06. The van der Waals surface area contributed by atoms with Crippen LogP contribution in [0.25, 0.3) is 16.5 Å². The zero-order valence-corrected chi connectivity index (χ0v) is 15.3. The number of nitriles is 1. The molecule has 2 aromatic carbocycles. The van der Waals surface area contributed by atoms with E-state index >= 15 is 0 Å². The van der Waals surface area contributed by atoms with E-state index in [2.05, 4.69) is 56.8 Å². The molecule has 0 radical (unpaired) electrons. The number of pyridine rings is 1. The van der Waals surface area contributed by atoms with Crippen LogP contribution in [-0.4, -0.2) is 11.2 Å². The molecule has 1 aliphatic heterocycles. The van der Waals surface area contributed by atoms with Gasteiger partial charge in [-0.15, -0.1) is 0 Å². The lowest BCUT2D eigenvalue weighted by Crippen LogP contribution is -2.30. The zero-order valence-electron chi connectivity index (χ0n) is 13.1. The fourth-order valence-corrected chi connectivity index (χ4v) is 3.46. The van der Waals surface area contributed by atoms with Crippen LogP contribution >= 0.6 is 22.6 Å². The highest BCUT2D eigenvalue weighted by atomic mass is 127. The van der Waals surface area contributed by atoms with E-state index in [0.29, 0.717) is 5.56 Å². The van der Waals surface area contributed by atoms with Crippen LogP contribution in [0, 0.1) is 14.9 Å². The van der Waals surface area contributed by atoms with Crippen molar-refractivity contribution in [1.82, 2.24) is 4.98 Å². The van der Waals surface area contributed by atoms with Gasteiger partial charge in [0, 0.05) is 21.4 Å². The first-order chi connectivity index (χ1) is 12.1. The number of halogens is 1. The molecule has 1 unspecified atom stereocenters. The number of fused-ring (bicyclic) bond motifs is 1. The first-order valence-corrected chi connectivity index (χ1v) is 8.79. The second-order valence-corrected chi connectivity index (χ2v) is 7.18. The van der Waals surface area contributed by atoms with Gasteiger partial charge in [0.2, 0.25) is 0 Å². The second kappa shape index (κ2) is 6.06. The number of benzene rings is 2. The normalized spacial score (nSPS) is 19.0. The summed E-state index contributed by atoms with van der Waals surface area (Å²) in [5.74, 6) is 0. The van der Waals surface area contributed by atoms with E-state index in [1.807, 2.05) is 42.6 Å². The Bertz CT molecular complexity index is 1090. The summed E-state index contributed by atoms with van der Waals surface area (Å²) in [5.41, 5.74) is 9.96. The van der Waals surface area contributed by atoms with E-state index in [0.717, 1.165) is 27.6 Å². The molecule has 4 nitrogen and oxygen atoms in total. The number of allylic oxidation sites excluding steroid dienone is 1. The van der Waals surface area contributed by atoms with Crippen LogP contribution in [0.3, 0.4) is 0 Å². The van der Waals surface area contributed by atoms with Crippen molar-refractivity contribution in [2.24, 2.45) is 10.7 Å². The number of rotatable bonds is 2. The Balaban J connectivity index is 1.78. The van der Waals surface area contributed by atoms with Crippen LogP contribution < -0.4 is 5.73 Å². The maximum Gasteiger partial charge on any atom is 0.153 e. The number of nitrogens with two attached hydrogens (primary N) is 1. The summed E-state index contributed by atoms with van der Waals surface area (Å²) in [6, 6.07) is 18.0. The van der Waals surface area contributed by atoms with Gasteiger partial charge in [-0.3, -0.25) is 9.98 Å². The molecule has 1 aromatic heterocycles. The average Bonchev–Trinajstić information content (AvgIpc) is 3.04. The third-order valence-corrected chi connectivity index (χ3v) is 4.89. The summed E-state index contributed by atoms with van der Waals surface area (Å²) in [7, 11) is 0. The molecule has 0 aliphatic carbocycles. The van der Waals surface area contributed by atoms with Gasteiger partial charge in [0.1, 0.15) is 6.07 Å². The summed E-state index contributed by atoms with van der Waals surface area (Å²) in [5, 5.41) is 9.95. The van der Waals surface area contributed by atoms with Crippen LogP contribution in [-0.2, 0) is 5.66 Å². The second-order valence-electron chi connectivity index (χ2n) is 5.94. The van der Waals surface area contributed by atoms with Crippen LogP contribution in [0.1, 0.15) is 16.7 Å². The number of hydrogen-bond acceptors (Lipinski definition) is 4. The fraction of sp³-hybridized carbons (Fsp3) is 0.0500. The lowest BCUT2D eigenvalue weighted by Gasteiger charge is -2.19. The first kappa shape index (κ1) is 15.9. The Morgan fingerprint density at radius 1 is 1.12 bits per heavy atom. The molecule has 120 valence electrons. The topological polar surface area (TPSA) is 75.1 Å². The van der Waals surface area contributed by atoms with Gasteiger partial charge >= 0.3 is 0 Å². The number of hydrogen-bond donors (Lipinski definition) is 1. The van der Waals surface area contributed by atoms with Crippen LogP contribution in [0.15, 0.2) is 65.8 Å². The molecular formula is C20H13IN4. The van der Waals surface area contributed by atoms with Crippen molar-refractivity contribution in [2.75, 3.05) is 0 Å². The highest BCUT2D eigenvalue weighted by Gasteiger charge is 2.28. The van der Waals surface area contributed by atoms with Gasteiger partial charge in [0.15, 0.2) is 5.66 Å². The maximum atomic E-state index is 9.06. The van der Waals surface area contributed by atoms with E-state index < -0.39 is 5.66 Å². The van der Waals surface area contributed by atoms with Crippen molar-refractivity contribution < 1.29 is 0 Å². The van der Waals surface area contributed by atoms with Crippen molar-refractivity contribution >= 4 is 45.3 Å². The molecule has 0 saturated carbocycles. The summed E-state index contributed by atoms with van der Waals surface area (Å²) < 4.78 is 1.17. The smallest absolute Gasteiger partial charge is 0.153 e. The zero-order chi connectivity index (χ0) is 17.4. The van der Waals surface area contributed by atoms with Gasteiger partial charge < -0.3 is 5.73 Å². The van der Waals surface area contributed by atoms with Gasteiger partial charge in [-0.25, -0.2) is 0 Å². The minimum Gasteiger partial charge on any atom is -0.300 e. The monoisotopic (exact) mass is 436 g/mol. The SMILES string of the molecule is N#Cc1cnc2ccc(C3(N)C=C(c4cccc(I)c4)C=N3)cc2c1. The van der Waals surface area contributed by atoms with E-state index in [1.165, 1.54) is 3.57 Å². The largest absolute Gasteiger partial charge is 0.300 e. The molecule has 1 atom stereocenters. The molecule has 1 aliphatic rings. The van der Waals surface area contributed by atoms with Gasteiger partial charge in [-0.05, 0) is 75.7 Å². The minimum absolute atomic E-state index is 0.528. The first-order valence-electron chi connectivity index (χ1n) is 7.71. The van der Waals surface area contributed by atoms with E-state index in [1.54, 1.807) is 6.20 Å². The van der Waals surface area contributed by atoms with Gasteiger partial charge in [-0.1, -0.05) is 18.2 Å². The van der Waals surface area contributed by atoms with Gasteiger partial charge in [0.25, 0.3) is 0 Å². The number of aromatic nitrogens is 1. The lowest BCUT2D eigenvalue weighted by atomic mass is 9.96. The Kier molecular flexibility index (Phi) is 3.86. The van der Waals surface area contributed by atoms with Crippen molar-refractivity contribution in [2.45, 2.75) is 5.66 Å². The van der Waals surface area contributed by atoms with Crippen molar-refractivity contribution in [3.63, 3.8) is 0 Å². The Morgan fingerprint density at radius 3 is 2.80 bits per heavy atom.